The van der Waals surface area contributed by atoms with E-state index in [1.807, 2.05) is 55.6 Å². The summed E-state index contributed by atoms with van der Waals surface area (Å²) in [4.78, 5) is 13.0. The minimum atomic E-state index is 0.669. The quantitative estimate of drug-likeness (QED) is 0.689. The minimum absolute atomic E-state index is 0.669. The topological polar surface area (TPSA) is 72.0 Å². The molecule has 0 atom stereocenters. The number of ether oxygens (including phenoxy) is 1. The van der Waals surface area contributed by atoms with Crippen LogP contribution in [0.15, 0.2) is 54.9 Å². The molecule has 2 aromatic heterocycles. The molecule has 128 valence electrons. The van der Waals surface area contributed by atoms with Crippen molar-refractivity contribution in [1.82, 2.24) is 15.0 Å². The van der Waals surface area contributed by atoms with Crippen LogP contribution in [-0.4, -0.2) is 22.1 Å². The van der Waals surface area contributed by atoms with Gasteiger partial charge in [-0.1, -0.05) is 18.2 Å². The lowest BCUT2D eigenvalue weighted by Gasteiger charge is -2.10. The summed E-state index contributed by atoms with van der Waals surface area (Å²) in [6.45, 7) is 3.23. The van der Waals surface area contributed by atoms with E-state index >= 15 is 0 Å². The zero-order chi connectivity index (χ0) is 17.5. The number of benzene rings is 1. The number of pyridine rings is 1. The Morgan fingerprint density at radius 1 is 0.920 bits per heavy atom. The normalized spacial score (nSPS) is 10.3. The second-order valence-corrected chi connectivity index (χ2v) is 5.60. The van der Waals surface area contributed by atoms with Gasteiger partial charge in [0.05, 0.1) is 7.11 Å². The van der Waals surface area contributed by atoms with Crippen molar-refractivity contribution >= 4 is 11.6 Å². The van der Waals surface area contributed by atoms with Crippen molar-refractivity contribution in [3.63, 3.8) is 0 Å². The van der Waals surface area contributed by atoms with E-state index in [-0.39, 0.29) is 0 Å². The Balaban J connectivity index is 1.62. The van der Waals surface area contributed by atoms with E-state index in [1.54, 1.807) is 13.3 Å². The average molecular weight is 335 g/mol. The number of rotatable bonds is 7. The van der Waals surface area contributed by atoms with E-state index in [0.29, 0.717) is 18.9 Å². The summed E-state index contributed by atoms with van der Waals surface area (Å²) >= 11 is 0. The number of anilines is 2. The van der Waals surface area contributed by atoms with Crippen molar-refractivity contribution in [1.29, 1.82) is 0 Å². The van der Waals surface area contributed by atoms with Gasteiger partial charge in [-0.2, -0.15) is 0 Å². The van der Waals surface area contributed by atoms with Crippen LogP contribution in [0.5, 0.6) is 5.75 Å². The van der Waals surface area contributed by atoms with Gasteiger partial charge in [-0.3, -0.25) is 4.98 Å². The maximum absolute atomic E-state index is 5.17. The summed E-state index contributed by atoms with van der Waals surface area (Å²) in [6.07, 6.45) is 3.60. The third kappa shape index (κ3) is 4.91. The number of aryl methyl sites for hydroxylation is 1. The van der Waals surface area contributed by atoms with Crippen molar-refractivity contribution in [2.75, 3.05) is 17.7 Å². The van der Waals surface area contributed by atoms with Crippen molar-refractivity contribution in [3.05, 3.63) is 71.8 Å². The first-order valence-corrected chi connectivity index (χ1v) is 8.08. The third-order valence-corrected chi connectivity index (χ3v) is 3.67. The van der Waals surface area contributed by atoms with Crippen LogP contribution in [0.1, 0.15) is 17.0 Å². The van der Waals surface area contributed by atoms with Gasteiger partial charge in [-0.05, 0) is 36.2 Å². The molecule has 2 N–H and O–H groups in total. The number of methoxy groups -OCH3 is 1. The van der Waals surface area contributed by atoms with Crippen molar-refractivity contribution < 1.29 is 4.74 Å². The van der Waals surface area contributed by atoms with Gasteiger partial charge >= 0.3 is 0 Å². The van der Waals surface area contributed by atoms with E-state index < -0.39 is 0 Å². The lowest BCUT2D eigenvalue weighted by atomic mass is 10.2. The molecule has 6 nitrogen and oxygen atoms in total. The van der Waals surface area contributed by atoms with Gasteiger partial charge in [0.15, 0.2) is 0 Å². The van der Waals surface area contributed by atoms with Crippen LogP contribution < -0.4 is 15.4 Å². The van der Waals surface area contributed by atoms with Gasteiger partial charge < -0.3 is 15.4 Å². The molecule has 0 saturated heterocycles. The van der Waals surface area contributed by atoms with Crippen LogP contribution in [0, 0.1) is 6.92 Å². The standard InChI is InChI=1S/C19H21N5O/c1-14-23-18(21-12-15-5-7-17(25-2)8-6-15)10-19(24-14)22-13-16-4-3-9-20-11-16/h3-11H,12-13H2,1-2H3,(H2,21,22,23,24). The second kappa shape index (κ2) is 8.10. The van der Waals surface area contributed by atoms with Crippen LogP contribution in [-0.2, 0) is 13.1 Å². The fourth-order valence-corrected chi connectivity index (χ4v) is 2.38. The SMILES string of the molecule is COc1ccc(CNc2cc(NCc3cccnc3)nc(C)n2)cc1. The van der Waals surface area contributed by atoms with Crippen LogP contribution in [0.2, 0.25) is 0 Å². The number of aromatic nitrogens is 3. The Bertz CT molecular complexity index is 806. The Hall–Kier alpha value is -3.15. The molecule has 0 bridgehead atoms. The predicted molar refractivity (Wildman–Crippen MR) is 98.7 cm³/mol. The van der Waals surface area contributed by atoms with E-state index in [4.69, 9.17) is 4.74 Å². The molecule has 0 amide bonds. The lowest BCUT2D eigenvalue weighted by molar-refractivity contribution is 0.414. The maximum atomic E-state index is 5.17. The molecular weight excluding hydrogens is 314 g/mol. The monoisotopic (exact) mass is 335 g/mol. The minimum Gasteiger partial charge on any atom is -0.497 e. The zero-order valence-electron chi connectivity index (χ0n) is 14.4. The summed E-state index contributed by atoms with van der Waals surface area (Å²) in [6, 6.07) is 13.8. The van der Waals surface area contributed by atoms with Crippen LogP contribution >= 0.6 is 0 Å². The molecule has 3 aromatic rings. The molecule has 0 radical (unpaired) electrons. The van der Waals surface area contributed by atoms with E-state index in [1.165, 1.54) is 0 Å². The summed E-state index contributed by atoms with van der Waals surface area (Å²) < 4.78 is 5.17. The van der Waals surface area contributed by atoms with E-state index in [2.05, 4.69) is 25.6 Å². The number of hydrogen-bond donors (Lipinski definition) is 2. The molecule has 25 heavy (non-hydrogen) atoms. The molecule has 0 aliphatic heterocycles. The number of nitrogens with zero attached hydrogens (tertiary/aromatic N) is 3. The Morgan fingerprint density at radius 3 is 2.20 bits per heavy atom. The molecular formula is C19H21N5O. The molecule has 0 spiro atoms. The molecule has 0 aliphatic carbocycles. The first kappa shape index (κ1) is 16.7. The highest BCUT2D eigenvalue weighted by atomic mass is 16.5. The molecule has 0 fully saturated rings. The molecule has 1 aromatic carbocycles. The largest absolute Gasteiger partial charge is 0.497 e. The fourth-order valence-electron chi connectivity index (χ4n) is 2.38. The van der Waals surface area contributed by atoms with Crippen LogP contribution in [0.25, 0.3) is 0 Å². The van der Waals surface area contributed by atoms with Crippen molar-refractivity contribution in [3.8, 4) is 5.75 Å². The first-order valence-electron chi connectivity index (χ1n) is 8.08. The highest BCUT2D eigenvalue weighted by Gasteiger charge is 2.03. The maximum Gasteiger partial charge on any atom is 0.132 e. The Labute approximate surface area is 147 Å². The summed E-state index contributed by atoms with van der Waals surface area (Å²) in [5, 5.41) is 6.64. The van der Waals surface area contributed by atoms with Gasteiger partial charge in [0.1, 0.15) is 23.2 Å². The smallest absolute Gasteiger partial charge is 0.132 e. The Kier molecular flexibility index (Phi) is 5.41. The highest BCUT2D eigenvalue weighted by molar-refractivity contribution is 5.48. The number of nitrogens with one attached hydrogen (secondary N) is 2. The van der Waals surface area contributed by atoms with Crippen molar-refractivity contribution in [2.24, 2.45) is 0 Å². The summed E-state index contributed by atoms with van der Waals surface area (Å²) in [5.74, 6) is 3.14. The van der Waals surface area contributed by atoms with E-state index in [0.717, 1.165) is 28.5 Å². The Morgan fingerprint density at radius 2 is 1.60 bits per heavy atom. The van der Waals surface area contributed by atoms with Gasteiger partial charge in [-0.25, -0.2) is 9.97 Å². The number of hydrogen-bond acceptors (Lipinski definition) is 6. The molecule has 0 saturated carbocycles. The molecule has 0 aliphatic rings. The summed E-state index contributed by atoms with van der Waals surface area (Å²) in [5.41, 5.74) is 2.26. The average Bonchev–Trinajstić information content (AvgIpc) is 2.66. The predicted octanol–water partition coefficient (Wildman–Crippen LogP) is 3.41. The van der Waals surface area contributed by atoms with Gasteiger partial charge in [0.2, 0.25) is 0 Å². The fraction of sp³-hybridized carbons (Fsp3) is 0.211. The second-order valence-electron chi connectivity index (χ2n) is 5.60. The summed E-state index contributed by atoms with van der Waals surface area (Å²) in [7, 11) is 1.66. The van der Waals surface area contributed by atoms with Crippen LogP contribution in [0.3, 0.4) is 0 Å². The van der Waals surface area contributed by atoms with Gasteiger partial charge in [0.25, 0.3) is 0 Å². The molecule has 6 heteroatoms. The van der Waals surface area contributed by atoms with Crippen LogP contribution in [0.4, 0.5) is 11.6 Å². The third-order valence-electron chi connectivity index (χ3n) is 3.67. The van der Waals surface area contributed by atoms with Crippen molar-refractivity contribution in [2.45, 2.75) is 20.0 Å². The van der Waals surface area contributed by atoms with E-state index in [9.17, 15) is 0 Å². The zero-order valence-corrected chi connectivity index (χ0v) is 14.4. The molecule has 0 unspecified atom stereocenters. The lowest BCUT2D eigenvalue weighted by Crippen LogP contribution is -2.07. The first-order chi connectivity index (χ1) is 12.2. The molecule has 3 rings (SSSR count). The molecule has 2 heterocycles. The highest BCUT2D eigenvalue weighted by Crippen LogP contribution is 2.15. The van der Waals surface area contributed by atoms with Gasteiger partial charge in [0, 0.05) is 31.5 Å². The van der Waals surface area contributed by atoms with Gasteiger partial charge in [-0.15, -0.1) is 0 Å².